The van der Waals surface area contributed by atoms with Gasteiger partial charge in [-0.3, -0.25) is 0 Å². The van der Waals surface area contributed by atoms with E-state index in [4.69, 9.17) is 14.2 Å². The van der Waals surface area contributed by atoms with E-state index in [1.165, 1.54) is 151 Å². The lowest BCUT2D eigenvalue weighted by Gasteiger charge is -2.12. The minimum absolute atomic E-state index is 0.119. The van der Waals surface area contributed by atoms with E-state index in [0.29, 0.717) is 25.5 Å². The van der Waals surface area contributed by atoms with Crippen molar-refractivity contribution in [3.8, 4) is 5.75 Å². The van der Waals surface area contributed by atoms with Crippen molar-refractivity contribution in [2.24, 2.45) is 5.10 Å². The van der Waals surface area contributed by atoms with Crippen LogP contribution in [0, 0.1) is 0 Å². The number of unbranched alkanes of at least 4 members (excludes halogenated alkanes) is 19. The largest absolute Gasteiger partial charge is 0.573 e. The van der Waals surface area contributed by atoms with Crippen molar-refractivity contribution in [1.82, 2.24) is 0 Å². The fourth-order valence-electron chi connectivity index (χ4n) is 5.04. The van der Waals surface area contributed by atoms with E-state index in [-0.39, 0.29) is 18.6 Å². The first kappa shape index (κ1) is 36.0. The molecule has 0 bridgehead atoms. The number of nitrogens with zero attached hydrogens (tertiary/aromatic N) is 2. The predicted octanol–water partition coefficient (Wildman–Crippen LogP) is 10.5. The van der Waals surface area contributed by atoms with Gasteiger partial charge in [0.2, 0.25) is 0 Å². The van der Waals surface area contributed by atoms with E-state index in [2.05, 4.69) is 16.8 Å². The molecular weight excluding hydrogens is 545 g/mol. The van der Waals surface area contributed by atoms with Gasteiger partial charge in [0.15, 0.2) is 6.73 Å². The van der Waals surface area contributed by atoms with Crippen LogP contribution in [0.5, 0.6) is 5.75 Å². The minimum Gasteiger partial charge on any atom is -0.447 e. The maximum Gasteiger partial charge on any atom is 0.573 e. The van der Waals surface area contributed by atoms with Gasteiger partial charge in [-0.05, 0) is 30.7 Å². The summed E-state index contributed by atoms with van der Waals surface area (Å²) in [6.07, 6.45) is 22.8. The van der Waals surface area contributed by atoms with Gasteiger partial charge in [-0.1, -0.05) is 134 Å². The summed E-state index contributed by atoms with van der Waals surface area (Å²) in [4.78, 5) is 0. The third kappa shape index (κ3) is 19.1. The number of alkyl halides is 3. The first-order valence-corrected chi connectivity index (χ1v) is 16.5. The zero-order valence-corrected chi connectivity index (χ0v) is 25.9. The number of rotatable bonds is 26. The molecule has 0 spiro atoms. The molecule has 42 heavy (non-hydrogen) atoms. The lowest BCUT2D eigenvalue weighted by molar-refractivity contribution is -0.274. The Hall–Kier alpha value is -2.16. The SMILES string of the molecule is CCCCCCCCCCCCCCCCCCCCCCOCCOC1=NN(c2ccc(OC(F)(F)F)cc2)CO1. The van der Waals surface area contributed by atoms with Crippen molar-refractivity contribution in [3.05, 3.63) is 24.3 Å². The number of benzene rings is 1. The number of ether oxygens (including phenoxy) is 4. The highest BCUT2D eigenvalue weighted by atomic mass is 19.4. The van der Waals surface area contributed by atoms with E-state index < -0.39 is 6.36 Å². The van der Waals surface area contributed by atoms with Crippen molar-refractivity contribution < 1.29 is 32.1 Å². The van der Waals surface area contributed by atoms with E-state index in [1.807, 2.05) is 0 Å². The van der Waals surface area contributed by atoms with Gasteiger partial charge in [-0.25, -0.2) is 5.01 Å². The zero-order valence-electron chi connectivity index (χ0n) is 25.9. The predicted molar refractivity (Wildman–Crippen MR) is 164 cm³/mol. The highest BCUT2D eigenvalue weighted by Gasteiger charge is 2.31. The number of hydrogen-bond acceptors (Lipinski definition) is 6. The number of anilines is 1. The Balaban J connectivity index is 1.30. The normalized spacial score (nSPS) is 13.3. The molecule has 0 fully saturated rings. The van der Waals surface area contributed by atoms with Gasteiger partial charge in [0.1, 0.15) is 12.4 Å². The lowest BCUT2D eigenvalue weighted by Crippen LogP contribution is -2.17. The first-order chi connectivity index (χ1) is 20.5. The quantitative estimate of drug-likeness (QED) is 0.0990. The summed E-state index contributed by atoms with van der Waals surface area (Å²) < 4.78 is 57.2. The minimum atomic E-state index is -4.72. The van der Waals surface area contributed by atoms with Gasteiger partial charge < -0.3 is 18.9 Å². The van der Waals surface area contributed by atoms with Crippen molar-refractivity contribution >= 4 is 11.8 Å². The van der Waals surface area contributed by atoms with Gasteiger partial charge >= 0.3 is 12.4 Å². The van der Waals surface area contributed by atoms with Crippen LogP contribution < -0.4 is 9.75 Å². The van der Waals surface area contributed by atoms with Crippen molar-refractivity contribution in [3.63, 3.8) is 0 Å². The molecule has 0 atom stereocenters. The highest BCUT2D eigenvalue weighted by Crippen LogP contribution is 2.26. The summed E-state index contributed by atoms with van der Waals surface area (Å²) >= 11 is 0. The molecule has 6 nitrogen and oxygen atoms in total. The molecule has 1 aliphatic heterocycles. The Morgan fingerprint density at radius 1 is 0.667 bits per heavy atom. The molecule has 1 aromatic rings. The third-order valence-electron chi connectivity index (χ3n) is 7.48. The Bertz CT molecular complexity index is 805. The molecule has 1 aliphatic rings. The van der Waals surface area contributed by atoms with E-state index in [0.717, 1.165) is 6.42 Å². The molecule has 0 saturated carbocycles. The van der Waals surface area contributed by atoms with E-state index >= 15 is 0 Å². The molecule has 0 radical (unpaired) electrons. The molecular formula is C33H55F3N2O4. The monoisotopic (exact) mass is 600 g/mol. The van der Waals surface area contributed by atoms with Crippen LogP contribution in [0.4, 0.5) is 18.9 Å². The number of hydrazone groups is 1. The number of halogens is 3. The Morgan fingerprint density at radius 2 is 1.14 bits per heavy atom. The fourth-order valence-corrected chi connectivity index (χ4v) is 5.04. The topological polar surface area (TPSA) is 52.5 Å². The molecule has 2 rings (SSSR count). The van der Waals surface area contributed by atoms with E-state index in [9.17, 15) is 13.2 Å². The standard InChI is InChI=1S/C33H55F3N2O4/c1-2-3-4-5-6-7-8-9-10-11-12-13-14-15-16-17-18-19-20-21-26-39-27-28-40-32-37-38(29-41-32)30-22-24-31(25-23-30)42-33(34,35)36/h22-25H,2-21,26-29H2,1H3. The molecule has 0 aromatic heterocycles. The van der Waals surface area contributed by atoms with Gasteiger partial charge in [-0.2, -0.15) is 0 Å². The summed E-state index contributed by atoms with van der Waals surface area (Å²) in [5.41, 5.74) is 0.568. The molecule has 242 valence electrons. The van der Waals surface area contributed by atoms with Crippen molar-refractivity contribution in [1.29, 1.82) is 0 Å². The van der Waals surface area contributed by atoms with Crippen LogP contribution in [0.15, 0.2) is 29.4 Å². The van der Waals surface area contributed by atoms with Crippen LogP contribution in [-0.4, -0.2) is 39.0 Å². The summed E-state index contributed by atoms with van der Waals surface area (Å²) in [5, 5.41) is 5.67. The number of hydrogen-bond donors (Lipinski definition) is 0. The highest BCUT2D eigenvalue weighted by molar-refractivity contribution is 5.71. The van der Waals surface area contributed by atoms with E-state index in [1.54, 1.807) is 0 Å². The van der Waals surface area contributed by atoms with Gasteiger partial charge in [0, 0.05) is 6.61 Å². The lowest BCUT2D eigenvalue weighted by atomic mass is 10.0. The zero-order chi connectivity index (χ0) is 30.1. The molecule has 0 N–H and O–H groups in total. The fraction of sp³-hybridized carbons (Fsp3) is 0.788. The van der Waals surface area contributed by atoms with Gasteiger partial charge in [-0.15, -0.1) is 13.2 Å². The summed E-state index contributed by atoms with van der Waals surface area (Å²) in [6.45, 7) is 3.89. The van der Waals surface area contributed by atoms with Crippen LogP contribution >= 0.6 is 0 Å². The van der Waals surface area contributed by atoms with Gasteiger partial charge in [0.05, 0.1) is 12.3 Å². The Kier molecular flexibility index (Phi) is 20.0. The van der Waals surface area contributed by atoms with Gasteiger partial charge in [0.25, 0.3) is 0 Å². The summed E-state index contributed by atoms with van der Waals surface area (Å²) in [5.74, 6) is -0.288. The molecule has 0 aliphatic carbocycles. The third-order valence-corrected chi connectivity index (χ3v) is 7.48. The average Bonchev–Trinajstić information content (AvgIpc) is 3.44. The molecule has 9 heteroatoms. The smallest absolute Gasteiger partial charge is 0.447 e. The molecule has 0 unspecified atom stereocenters. The van der Waals surface area contributed by atoms with Crippen LogP contribution in [-0.2, 0) is 14.2 Å². The van der Waals surface area contributed by atoms with Crippen LogP contribution in [0.3, 0.4) is 0 Å². The second kappa shape index (κ2) is 23.3. The summed E-state index contributed by atoms with van der Waals surface area (Å²) in [6, 6.07) is 5.40. The molecule has 1 heterocycles. The summed E-state index contributed by atoms with van der Waals surface area (Å²) in [7, 11) is 0. The Labute approximate surface area is 252 Å². The van der Waals surface area contributed by atoms with Crippen molar-refractivity contribution in [2.75, 3.05) is 31.6 Å². The first-order valence-electron chi connectivity index (χ1n) is 16.5. The van der Waals surface area contributed by atoms with Crippen LogP contribution in [0.25, 0.3) is 0 Å². The maximum atomic E-state index is 12.3. The van der Waals surface area contributed by atoms with Crippen LogP contribution in [0.2, 0.25) is 0 Å². The second-order valence-electron chi connectivity index (χ2n) is 11.3. The van der Waals surface area contributed by atoms with Crippen molar-refractivity contribution in [2.45, 2.75) is 142 Å². The molecule has 0 saturated heterocycles. The Morgan fingerprint density at radius 3 is 1.62 bits per heavy atom. The molecule has 1 aromatic carbocycles. The maximum absolute atomic E-state index is 12.3. The molecule has 0 amide bonds. The second-order valence-corrected chi connectivity index (χ2v) is 11.3. The van der Waals surface area contributed by atoms with Crippen LogP contribution in [0.1, 0.15) is 135 Å². The average molecular weight is 601 g/mol.